The van der Waals surface area contributed by atoms with E-state index >= 15 is 0 Å². The number of rotatable bonds is 7. The number of likely N-dealkylation sites (tertiary alicyclic amines) is 1. The van der Waals surface area contributed by atoms with Crippen molar-refractivity contribution in [1.29, 1.82) is 0 Å². The van der Waals surface area contributed by atoms with Gasteiger partial charge in [0.15, 0.2) is 0 Å². The standard InChI is InChI=1S/C19H26F2N2O3/c20-14-10-15(21)12-16(11-14)22-19(24)18-5-1-2-6-23(18)7-9-25-13-17-4-3-8-26-17/h10-12,17-18H,1-9,13H2,(H,22,24). The van der Waals surface area contributed by atoms with Crippen molar-refractivity contribution in [2.75, 3.05) is 38.2 Å². The number of benzene rings is 1. The van der Waals surface area contributed by atoms with Crippen molar-refractivity contribution < 1.29 is 23.0 Å². The zero-order valence-corrected chi connectivity index (χ0v) is 14.9. The largest absolute Gasteiger partial charge is 0.377 e. The fraction of sp³-hybridized carbons (Fsp3) is 0.632. The molecule has 0 aromatic heterocycles. The molecular formula is C19H26F2N2O3. The molecule has 0 aliphatic carbocycles. The van der Waals surface area contributed by atoms with Crippen LogP contribution in [-0.4, -0.2) is 55.9 Å². The van der Waals surface area contributed by atoms with Gasteiger partial charge in [-0.1, -0.05) is 6.42 Å². The molecular weight excluding hydrogens is 342 g/mol. The van der Waals surface area contributed by atoms with Crippen LogP contribution >= 0.6 is 0 Å². The van der Waals surface area contributed by atoms with Gasteiger partial charge < -0.3 is 14.8 Å². The predicted octanol–water partition coefficient (Wildman–Crippen LogP) is 2.95. The third-order valence-corrected chi connectivity index (χ3v) is 4.90. The van der Waals surface area contributed by atoms with Crippen LogP contribution in [0.2, 0.25) is 0 Å². The van der Waals surface area contributed by atoms with Crippen LogP contribution in [0.25, 0.3) is 0 Å². The Bertz CT molecular complexity index is 588. The van der Waals surface area contributed by atoms with Crippen molar-refractivity contribution in [3.8, 4) is 0 Å². The molecule has 0 saturated carbocycles. The van der Waals surface area contributed by atoms with Crippen LogP contribution in [0.4, 0.5) is 14.5 Å². The fourth-order valence-electron chi connectivity index (χ4n) is 3.58. The van der Waals surface area contributed by atoms with E-state index in [1.165, 1.54) is 0 Å². The van der Waals surface area contributed by atoms with Gasteiger partial charge in [-0.3, -0.25) is 9.69 Å². The van der Waals surface area contributed by atoms with Crippen molar-refractivity contribution in [1.82, 2.24) is 4.90 Å². The number of ether oxygens (including phenoxy) is 2. The average Bonchev–Trinajstić information content (AvgIpc) is 3.11. The first-order chi connectivity index (χ1) is 12.6. The number of nitrogens with one attached hydrogen (secondary N) is 1. The van der Waals surface area contributed by atoms with E-state index in [1.807, 2.05) is 0 Å². The second kappa shape index (κ2) is 9.39. The Kier molecular flexibility index (Phi) is 6.93. The highest BCUT2D eigenvalue weighted by atomic mass is 19.1. The summed E-state index contributed by atoms with van der Waals surface area (Å²) in [5.74, 6) is -1.64. The van der Waals surface area contributed by atoms with E-state index in [2.05, 4.69) is 10.2 Å². The van der Waals surface area contributed by atoms with E-state index in [1.54, 1.807) is 0 Å². The molecule has 2 aliphatic heterocycles. The number of nitrogens with zero attached hydrogens (tertiary/aromatic N) is 1. The molecule has 3 rings (SSSR count). The van der Waals surface area contributed by atoms with Crippen LogP contribution in [0.3, 0.4) is 0 Å². The Morgan fingerprint density at radius 3 is 2.73 bits per heavy atom. The number of piperidine rings is 1. The van der Waals surface area contributed by atoms with E-state index in [0.29, 0.717) is 19.8 Å². The first kappa shape index (κ1) is 19.2. The molecule has 2 aliphatic rings. The van der Waals surface area contributed by atoms with Gasteiger partial charge in [-0.05, 0) is 44.4 Å². The summed E-state index contributed by atoms with van der Waals surface area (Å²) in [6, 6.07) is 2.73. The molecule has 0 spiro atoms. The Morgan fingerprint density at radius 1 is 1.19 bits per heavy atom. The molecule has 2 unspecified atom stereocenters. The van der Waals surface area contributed by atoms with Gasteiger partial charge in [0.1, 0.15) is 11.6 Å². The van der Waals surface area contributed by atoms with Gasteiger partial charge in [0.05, 0.1) is 25.4 Å². The number of halogens is 2. The first-order valence-corrected chi connectivity index (χ1v) is 9.32. The lowest BCUT2D eigenvalue weighted by Gasteiger charge is -2.34. The summed E-state index contributed by atoms with van der Waals surface area (Å²) in [6.07, 6.45) is 5.04. The lowest BCUT2D eigenvalue weighted by atomic mass is 10.0. The number of carbonyl (C=O) groups is 1. The van der Waals surface area contributed by atoms with Gasteiger partial charge in [0, 0.05) is 24.9 Å². The molecule has 7 heteroatoms. The number of hydrogen-bond acceptors (Lipinski definition) is 4. The summed E-state index contributed by atoms with van der Waals surface area (Å²) in [5.41, 5.74) is 0.146. The molecule has 1 N–H and O–H groups in total. The topological polar surface area (TPSA) is 50.8 Å². The van der Waals surface area contributed by atoms with Crippen LogP contribution in [0, 0.1) is 11.6 Å². The smallest absolute Gasteiger partial charge is 0.241 e. The molecule has 144 valence electrons. The average molecular weight is 368 g/mol. The molecule has 2 heterocycles. The Hall–Kier alpha value is -1.57. The summed E-state index contributed by atoms with van der Waals surface area (Å²) < 4.78 is 37.8. The summed E-state index contributed by atoms with van der Waals surface area (Å²) in [5, 5.41) is 2.64. The van der Waals surface area contributed by atoms with Crippen molar-refractivity contribution in [2.24, 2.45) is 0 Å². The third-order valence-electron chi connectivity index (χ3n) is 4.90. The molecule has 2 atom stereocenters. The van der Waals surface area contributed by atoms with Crippen LogP contribution in [-0.2, 0) is 14.3 Å². The van der Waals surface area contributed by atoms with Gasteiger partial charge in [0.2, 0.25) is 5.91 Å². The lowest BCUT2D eigenvalue weighted by molar-refractivity contribution is -0.122. The normalized spacial score (nSPS) is 23.9. The zero-order valence-electron chi connectivity index (χ0n) is 14.9. The zero-order chi connectivity index (χ0) is 18.4. The van der Waals surface area contributed by atoms with Gasteiger partial charge >= 0.3 is 0 Å². The summed E-state index contributed by atoms with van der Waals surface area (Å²) in [4.78, 5) is 14.7. The highest BCUT2D eigenvalue weighted by Crippen LogP contribution is 2.20. The molecule has 1 aromatic rings. The van der Waals surface area contributed by atoms with Crippen molar-refractivity contribution >= 4 is 11.6 Å². The molecule has 0 radical (unpaired) electrons. The summed E-state index contributed by atoms with van der Waals surface area (Å²) in [7, 11) is 0. The molecule has 0 bridgehead atoms. The van der Waals surface area contributed by atoms with Crippen molar-refractivity contribution in [2.45, 2.75) is 44.2 Å². The minimum atomic E-state index is -0.705. The van der Waals surface area contributed by atoms with Gasteiger partial charge in [-0.15, -0.1) is 0 Å². The van der Waals surface area contributed by atoms with Gasteiger partial charge in [-0.25, -0.2) is 8.78 Å². The van der Waals surface area contributed by atoms with E-state index < -0.39 is 11.6 Å². The number of amides is 1. The molecule has 2 fully saturated rings. The van der Waals surface area contributed by atoms with Crippen LogP contribution in [0.15, 0.2) is 18.2 Å². The fourth-order valence-corrected chi connectivity index (χ4v) is 3.58. The number of carbonyl (C=O) groups excluding carboxylic acids is 1. The maximum atomic E-state index is 13.3. The lowest BCUT2D eigenvalue weighted by Crippen LogP contribution is -2.48. The monoisotopic (exact) mass is 368 g/mol. The van der Waals surface area contributed by atoms with Gasteiger partial charge in [-0.2, -0.15) is 0 Å². The third kappa shape index (κ3) is 5.46. The van der Waals surface area contributed by atoms with E-state index in [0.717, 1.165) is 63.5 Å². The maximum Gasteiger partial charge on any atom is 0.241 e. The number of anilines is 1. The predicted molar refractivity (Wildman–Crippen MR) is 94.0 cm³/mol. The Balaban J connectivity index is 1.49. The van der Waals surface area contributed by atoms with Crippen LogP contribution in [0.1, 0.15) is 32.1 Å². The SMILES string of the molecule is O=C(Nc1cc(F)cc(F)c1)C1CCCCN1CCOCC1CCCO1. The second-order valence-corrected chi connectivity index (χ2v) is 6.90. The van der Waals surface area contributed by atoms with E-state index in [4.69, 9.17) is 9.47 Å². The highest BCUT2D eigenvalue weighted by Gasteiger charge is 2.28. The van der Waals surface area contributed by atoms with E-state index in [-0.39, 0.29) is 23.7 Å². The summed E-state index contributed by atoms with van der Waals surface area (Å²) in [6.45, 7) is 3.41. The second-order valence-electron chi connectivity index (χ2n) is 6.90. The summed E-state index contributed by atoms with van der Waals surface area (Å²) >= 11 is 0. The van der Waals surface area contributed by atoms with Gasteiger partial charge in [0.25, 0.3) is 0 Å². The molecule has 2 saturated heterocycles. The van der Waals surface area contributed by atoms with Crippen molar-refractivity contribution in [3.63, 3.8) is 0 Å². The quantitative estimate of drug-likeness (QED) is 0.752. The Labute approximate surface area is 152 Å². The first-order valence-electron chi connectivity index (χ1n) is 9.32. The van der Waals surface area contributed by atoms with Crippen LogP contribution in [0.5, 0.6) is 0 Å². The van der Waals surface area contributed by atoms with Crippen molar-refractivity contribution in [3.05, 3.63) is 29.8 Å². The molecule has 26 heavy (non-hydrogen) atoms. The maximum absolute atomic E-state index is 13.3. The minimum absolute atomic E-state index is 0.146. The molecule has 1 amide bonds. The minimum Gasteiger partial charge on any atom is -0.377 e. The van der Waals surface area contributed by atoms with Crippen LogP contribution < -0.4 is 5.32 Å². The molecule has 1 aromatic carbocycles. The highest BCUT2D eigenvalue weighted by molar-refractivity contribution is 5.94. The number of hydrogen-bond donors (Lipinski definition) is 1. The molecule has 5 nitrogen and oxygen atoms in total. The Morgan fingerprint density at radius 2 is 2.00 bits per heavy atom. The van der Waals surface area contributed by atoms with E-state index in [9.17, 15) is 13.6 Å².